The van der Waals surface area contributed by atoms with Gasteiger partial charge in [-0.1, -0.05) is 35.7 Å². The number of para-hydroxylation sites is 2. The molecule has 4 nitrogen and oxygen atoms in total. The highest BCUT2D eigenvalue weighted by Gasteiger charge is 2.10. The normalized spacial score (nSPS) is 10.6. The zero-order valence-corrected chi connectivity index (χ0v) is 14.3. The SMILES string of the molecule is C#CCn1c(CCCNC(=O)c2cccc(C)c2)nc2ccccc21. The first-order valence-corrected chi connectivity index (χ1v) is 8.41. The van der Waals surface area contributed by atoms with Crippen molar-refractivity contribution in [2.75, 3.05) is 6.54 Å². The number of nitrogens with one attached hydrogen (secondary N) is 1. The summed E-state index contributed by atoms with van der Waals surface area (Å²) in [5.74, 6) is 3.61. The van der Waals surface area contributed by atoms with Gasteiger partial charge in [0.1, 0.15) is 5.82 Å². The van der Waals surface area contributed by atoms with E-state index in [9.17, 15) is 4.79 Å². The summed E-state index contributed by atoms with van der Waals surface area (Å²) in [5, 5.41) is 2.97. The maximum atomic E-state index is 12.2. The summed E-state index contributed by atoms with van der Waals surface area (Å²) in [7, 11) is 0. The zero-order chi connectivity index (χ0) is 17.6. The Hall–Kier alpha value is -3.06. The fourth-order valence-corrected chi connectivity index (χ4v) is 2.92. The van der Waals surface area contributed by atoms with Crippen molar-refractivity contribution in [1.82, 2.24) is 14.9 Å². The molecule has 1 aromatic heterocycles. The molecule has 3 aromatic rings. The summed E-state index contributed by atoms with van der Waals surface area (Å²) >= 11 is 0. The monoisotopic (exact) mass is 331 g/mol. The minimum absolute atomic E-state index is 0.0409. The molecule has 1 N–H and O–H groups in total. The maximum absolute atomic E-state index is 12.2. The molecule has 0 aliphatic heterocycles. The highest BCUT2D eigenvalue weighted by atomic mass is 16.1. The number of hydrogen-bond donors (Lipinski definition) is 1. The van der Waals surface area contributed by atoms with Gasteiger partial charge in [0.05, 0.1) is 17.6 Å². The molecule has 2 aromatic carbocycles. The van der Waals surface area contributed by atoms with E-state index in [0.29, 0.717) is 18.7 Å². The third-order valence-corrected chi connectivity index (χ3v) is 4.13. The van der Waals surface area contributed by atoms with Crippen molar-refractivity contribution in [3.05, 3.63) is 65.5 Å². The molecular weight excluding hydrogens is 310 g/mol. The van der Waals surface area contributed by atoms with Gasteiger partial charge in [-0.15, -0.1) is 6.42 Å². The van der Waals surface area contributed by atoms with Crippen LogP contribution in [0.4, 0.5) is 0 Å². The number of benzene rings is 2. The Kier molecular flexibility index (Phi) is 5.15. The van der Waals surface area contributed by atoms with Gasteiger partial charge in [0.25, 0.3) is 5.91 Å². The number of aryl methyl sites for hydroxylation is 2. The van der Waals surface area contributed by atoms with Crippen molar-refractivity contribution in [3.63, 3.8) is 0 Å². The smallest absolute Gasteiger partial charge is 0.251 e. The van der Waals surface area contributed by atoms with Gasteiger partial charge in [-0.25, -0.2) is 4.98 Å². The minimum atomic E-state index is -0.0409. The largest absolute Gasteiger partial charge is 0.352 e. The van der Waals surface area contributed by atoms with Crippen molar-refractivity contribution in [2.45, 2.75) is 26.3 Å². The molecular formula is C21H21N3O. The van der Waals surface area contributed by atoms with Crippen LogP contribution in [0.5, 0.6) is 0 Å². The first-order valence-electron chi connectivity index (χ1n) is 8.41. The summed E-state index contributed by atoms with van der Waals surface area (Å²) in [6.45, 7) is 3.09. The van der Waals surface area contributed by atoms with Gasteiger partial charge in [0.15, 0.2) is 0 Å². The predicted octanol–water partition coefficient (Wildman–Crippen LogP) is 3.34. The molecule has 126 valence electrons. The molecule has 0 atom stereocenters. The average molecular weight is 331 g/mol. The van der Waals surface area contributed by atoms with Crippen LogP contribution >= 0.6 is 0 Å². The van der Waals surface area contributed by atoms with Crippen LogP contribution in [0.3, 0.4) is 0 Å². The van der Waals surface area contributed by atoms with Crippen molar-refractivity contribution < 1.29 is 4.79 Å². The summed E-state index contributed by atoms with van der Waals surface area (Å²) in [6.07, 6.45) is 7.07. The third-order valence-electron chi connectivity index (χ3n) is 4.13. The zero-order valence-electron chi connectivity index (χ0n) is 14.3. The second kappa shape index (κ2) is 7.67. The van der Waals surface area contributed by atoms with Crippen LogP contribution < -0.4 is 5.32 Å². The Morgan fingerprint density at radius 2 is 2.08 bits per heavy atom. The van der Waals surface area contributed by atoms with Crippen molar-refractivity contribution in [3.8, 4) is 12.3 Å². The molecule has 0 bridgehead atoms. The Balaban J connectivity index is 1.61. The molecule has 0 radical (unpaired) electrons. The lowest BCUT2D eigenvalue weighted by atomic mass is 10.1. The van der Waals surface area contributed by atoms with Gasteiger partial charge in [0, 0.05) is 18.5 Å². The molecule has 0 spiro atoms. The Morgan fingerprint density at radius 1 is 1.24 bits per heavy atom. The lowest BCUT2D eigenvalue weighted by Crippen LogP contribution is -2.25. The van der Waals surface area contributed by atoms with Crippen LogP contribution in [0.1, 0.15) is 28.2 Å². The van der Waals surface area contributed by atoms with Gasteiger partial charge < -0.3 is 9.88 Å². The van der Waals surface area contributed by atoms with E-state index in [0.717, 1.165) is 35.3 Å². The van der Waals surface area contributed by atoms with Gasteiger partial charge in [0.2, 0.25) is 0 Å². The number of hydrogen-bond acceptors (Lipinski definition) is 2. The van der Waals surface area contributed by atoms with Crippen LogP contribution in [0.25, 0.3) is 11.0 Å². The summed E-state index contributed by atoms with van der Waals surface area (Å²) in [6, 6.07) is 15.6. The lowest BCUT2D eigenvalue weighted by Gasteiger charge is -2.07. The second-order valence-electron chi connectivity index (χ2n) is 6.04. The number of amides is 1. The lowest BCUT2D eigenvalue weighted by molar-refractivity contribution is 0.0953. The number of nitrogens with zero attached hydrogens (tertiary/aromatic N) is 2. The summed E-state index contributed by atoms with van der Waals surface area (Å²) in [4.78, 5) is 16.8. The fourth-order valence-electron chi connectivity index (χ4n) is 2.92. The highest BCUT2D eigenvalue weighted by molar-refractivity contribution is 5.94. The molecule has 0 aliphatic carbocycles. The predicted molar refractivity (Wildman–Crippen MR) is 100 cm³/mol. The van der Waals surface area contributed by atoms with E-state index in [1.165, 1.54) is 0 Å². The van der Waals surface area contributed by atoms with E-state index in [1.807, 2.05) is 55.5 Å². The topological polar surface area (TPSA) is 46.9 Å². The van der Waals surface area contributed by atoms with E-state index < -0.39 is 0 Å². The fraction of sp³-hybridized carbons (Fsp3) is 0.238. The molecule has 0 saturated heterocycles. The number of terminal acetylenes is 1. The van der Waals surface area contributed by atoms with Crippen LogP contribution in [0.2, 0.25) is 0 Å². The maximum Gasteiger partial charge on any atom is 0.251 e. The van der Waals surface area contributed by atoms with Crippen molar-refractivity contribution >= 4 is 16.9 Å². The van der Waals surface area contributed by atoms with Gasteiger partial charge >= 0.3 is 0 Å². The Labute approximate surface area is 147 Å². The molecule has 25 heavy (non-hydrogen) atoms. The molecule has 0 aliphatic rings. The molecule has 1 amide bonds. The molecule has 0 saturated carbocycles. The van der Waals surface area contributed by atoms with E-state index in [4.69, 9.17) is 6.42 Å². The molecule has 0 unspecified atom stereocenters. The van der Waals surface area contributed by atoms with Gasteiger partial charge in [-0.3, -0.25) is 4.79 Å². The van der Waals surface area contributed by atoms with E-state index in [2.05, 4.69) is 20.8 Å². The Bertz CT molecular complexity index is 934. The van der Waals surface area contributed by atoms with E-state index in [-0.39, 0.29) is 5.91 Å². The van der Waals surface area contributed by atoms with Crippen LogP contribution in [0, 0.1) is 19.3 Å². The van der Waals surface area contributed by atoms with Gasteiger partial charge in [-0.2, -0.15) is 0 Å². The molecule has 4 heteroatoms. The van der Waals surface area contributed by atoms with Crippen molar-refractivity contribution in [2.24, 2.45) is 0 Å². The summed E-state index contributed by atoms with van der Waals surface area (Å²) < 4.78 is 2.07. The average Bonchev–Trinajstić information content (AvgIpc) is 2.97. The highest BCUT2D eigenvalue weighted by Crippen LogP contribution is 2.16. The molecule has 3 rings (SSSR count). The first kappa shape index (κ1) is 16.8. The second-order valence-corrected chi connectivity index (χ2v) is 6.04. The van der Waals surface area contributed by atoms with Crippen LogP contribution in [-0.2, 0) is 13.0 Å². The van der Waals surface area contributed by atoms with Crippen molar-refractivity contribution in [1.29, 1.82) is 0 Å². The molecule has 0 fully saturated rings. The standard InChI is InChI=1S/C21H21N3O/c1-3-14-24-19-11-5-4-10-18(19)23-20(24)12-7-13-22-21(25)17-9-6-8-16(2)15-17/h1,4-6,8-11,15H,7,12-14H2,2H3,(H,22,25). The number of aromatic nitrogens is 2. The number of carbonyl (C=O) groups excluding carboxylic acids is 1. The summed E-state index contributed by atoms with van der Waals surface area (Å²) in [5.41, 5.74) is 3.78. The van der Waals surface area contributed by atoms with Gasteiger partial charge in [-0.05, 0) is 37.6 Å². The number of carbonyl (C=O) groups is 1. The first-order chi connectivity index (χ1) is 12.2. The third kappa shape index (κ3) is 3.89. The molecule has 1 heterocycles. The Morgan fingerprint density at radius 3 is 2.88 bits per heavy atom. The van der Waals surface area contributed by atoms with E-state index in [1.54, 1.807) is 0 Å². The quantitative estimate of drug-likeness (QED) is 0.556. The van der Waals surface area contributed by atoms with E-state index >= 15 is 0 Å². The number of fused-ring (bicyclic) bond motifs is 1. The minimum Gasteiger partial charge on any atom is -0.352 e. The van der Waals surface area contributed by atoms with Crippen LogP contribution in [-0.4, -0.2) is 22.0 Å². The number of rotatable bonds is 6. The van der Waals surface area contributed by atoms with Crippen LogP contribution in [0.15, 0.2) is 48.5 Å². The number of imidazole rings is 1.